The lowest BCUT2D eigenvalue weighted by Gasteiger charge is -2.33. The van der Waals surface area contributed by atoms with E-state index in [1.807, 2.05) is 19.9 Å². The van der Waals surface area contributed by atoms with Crippen LogP contribution in [0.25, 0.3) is 0 Å². The molecule has 0 saturated carbocycles. The van der Waals surface area contributed by atoms with Gasteiger partial charge in [-0.2, -0.15) is 0 Å². The van der Waals surface area contributed by atoms with Gasteiger partial charge in [-0.3, -0.25) is 14.5 Å². The van der Waals surface area contributed by atoms with Gasteiger partial charge in [0.15, 0.2) is 0 Å². The first kappa shape index (κ1) is 16.5. The van der Waals surface area contributed by atoms with Gasteiger partial charge in [0.05, 0.1) is 19.6 Å². The number of hydrogen-bond donors (Lipinski definition) is 1. The van der Waals surface area contributed by atoms with E-state index in [2.05, 4.69) is 33.2 Å². The Hall–Kier alpha value is -1.88. The predicted molar refractivity (Wildman–Crippen MR) is 84.3 cm³/mol. The number of nitrogens with one attached hydrogen (secondary N) is 1. The number of methoxy groups -OCH3 is 1. The fourth-order valence-electron chi connectivity index (χ4n) is 2.76. The van der Waals surface area contributed by atoms with Crippen molar-refractivity contribution in [3.63, 3.8) is 0 Å². The van der Waals surface area contributed by atoms with E-state index in [0.717, 1.165) is 19.5 Å². The van der Waals surface area contributed by atoms with Crippen LogP contribution in [0, 0.1) is 0 Å². The Balaban J connectivity index is 1.90. The lowest BCUT2D eigenvalue weighted by Crippen LogP contribution is -2.49. The zero-order valence-electron chi connectivity index (χ0n) is 13.5. The van der Waals surface area contributed by atoms with Crippen LogP contribution in [-0.2, 0) is 27.3 Å². The lowest BCUT2D eigenvalue weighted by molar-refractivity contribution is -0.141. The first-order valence-electron chi connectivity index (χ1n) is 7.69. The van der Waals surface area contributed by atoms with Crippen molar-refractivity contribution in [2.75, 3.05) is 13.7 Å². The minimum atomic E-state index is -0.313. The Morgan fingerprint density at radius 3 is 2.64 bits per heavy atom. The monoisotopic (exact) mass is 304 g/mol. The zero-order chi connectivity index (χ0) is 16.1. The molecule has 0 fully saturated rings. The SMILES string of the molecule is COC(=O)CC(C)NC(=O)C(C)N1CCc2ccccc2C1. The van der Waals surface area contributed by atoms with Crippen LogP contribution >= 0.6 is 0 Å². The molecule has 1 aromatic rings. The molecule has 22 heavy (non-hydrogen) atoms. The van der Waals surface area contributed by atoms with Crippen LogP contribution in [0.15, 0.2) is 24.3 Å². The highest BCUT2D eigenvalue weighted by Crippen LogP contribution is 2.20. The van der Waals surface area contributed by atoms with Crippen molar-refractivity contribution in [2.45, 2.75) is 45.3 Å². The molecule has 0 aliphatic carbocycles. The summed E-state index contributed by atoms with van der Waals surface area (Å²) in [6.07, 6.45) is 1.16. The predicted octanol–water partition coefficient (Wildman–Crippen LogP) is 1.50. The molecule has 0 spiro atoms. The summed E-state index contributed by atoms with van der Waals surface area (Å²) in [4.78, 5) is 25.7. The normalized spacial score (nSPS) is 17.2. The van der Waals surface area contributed by atoms with Gasteiger partial charge in [0.2, 0.25) is 5.91 Å². The third-order valence-electron chi connectivity index (χ3n) is 4.18. The van der Waals surface area contributed by atoms with Crippen LogP contribution in [0.2, 0.25) is 0 Å². The number of fused-ring (bicyclic) bond motifs is 1. The number of carbonyl (C=O) groups excluding carboxylic acids is 2. The maximum Gasteiger partial charge on any atom is 0.307 e. The number of amides is 1. The van der Waals surface area contributed by atoms with Crippen LogP contribution in [0.3, 0.4) is 0 Å². The number of benzene rings is 1. The molecule has 2 unspecified atom stereocenters. The fraction of sp³-hybridized carbons (Fsp3) is 0.529. The number of carbonyl (C=O) groups is 2. The highest BCUT2D eigenvalue weighted by Gasteiger charge is 2.26. The smallest absolute Gasteiger partial charge is 0.307 e. The van der Waals surface area contributed by atoms with E-state index >= 15 is 0 Å². The van der Waals surface area contributed by atoms with Crippen molar-refractivity contribution in [3.05, 3.63) is 35.4 Å². The summed E-state index contributed by atoms with van der Waals surface area (Å²) in [5, 5.41) is 2.88. The van der Waals surface area contributed by atoms with E-state index in [4.69, 9.17) is 0 Å². The van der Waals surface area contributed by atoms with Crippen LogP contribution in [0.4, 0.5) is 0 Å². The second kappa shape index (κ2) is 7.40. The Labute approximate surface area is 131 Å². The Kier molecular flexibility index (Phi) is 5.55. The Morgan fingerprint density at radius 2 is 1.95 bits per heavy atom. The molecule has 0 bridgehead atoms. The topological polar surface area (TPSA) is 58.6 Å². The first-order valence-corrected chi connectivity index (χ1v) is 7.69. The minimum Gasteiger partial charge on any atom is -0.469 e. The molecule has 1 N–H and O–H groups in total. The van der Waals surface area contributed by atoms with E-state index in [9.17, 15) is 9.59 Å². The van der Waals surface area contributed by atoms with E-state index < -0.39 is 0 Å². The molecule has 1 aliphatic rings. The molecule has 2 rings (SSSR count). The van der Waals surface area contributed by atoms with Crippen LogP contribution in [0.5, 0.6) is 0 Å². The molecule has 5 heteroatoms. The van der Waals surface area contributed by atoms with Crippen molar-refractivity contribution in [1.82, 2.24) is 10.2 Å². The van der Waals surface area contributed by atoms with E-state index in [0.29, 0.717) is 0 Å². The summed E-state index contributed by atoms with van der Waals surface area (Å²) in [6.45, 7) is 5.38. The van der Waals surface area contributed by atoms with Gasteiger partial charge >= 0.3 is 5.97 Å². The number of ether oxygens (including phenoxy) is 1. The van der Waals surface area contributed by atoms with Crippen molar-refractivity contribution in [3.8, 4) is 0 Å². The molecule has 1 heterocycles. The van der Waals surface area contributed by atoms with Crippen LogP contribution in [0.1, 0.15) is 31.4 Å². The average molecular weight is 304 g/mol. The van der Waals surface area contributed by atoms with Crippen LogP contribution in [-0.4, -0.2) is 42.5 Å². The molecule has 5 nitrogen and oxygen atoms in total. The zero-order valence-corrected chi connectivity index (χ0v) is 13.5. The van der Waals surface area contributed by atoms with Crippen LogP contribution < -0.4 is 5.32 Å². The van der Waals surface area contributed by atoms with Gasteiger partial charge in [-0.05, 0) is 31.4 Å². The minimum absolute atomic E-state index is 0.0456. The van der Waals surface area contributed by atoms with Gasteiger partial charge < -0.3 is 10.1 Å². The van der Waals surface area contributed by atoms with Gasteiger partial charge in [-0.15, -0.1) is 0 Å². The Bertz CT molecular complexity index is 544. The number of hydrogen-bond acceptors (Lipinski definition) is 4. The maximum absolute atomic E-state index is 12.3. The van der Waals surface area contributed by atoms with Crippen molar-refractivity contribution >= 4 is 11.9 Å². The largest absolute Gasteiger partial charge is 0.469 e. The molecular weight excluding hydrogens is 280 g/mol. The van der Waals surface area contributed by atoms with Crippen molar-refractivity contribution < 1.29 is 14.3 Å². The summed E-state index contributed by atoms with van der Waals surface area (Å²) >= 11 is 0. The lowest BCUT2D eigenvalue weighted by atomic mass is 9.98. The van der Waals surface area contributed by atoms with Gasteiger partial charge in [0.25, 0.3) is 0 Å². The van der Waals surface area contributed by atoms with Crippen molar-refractivity contribution in [2.24, 2.45) is 0 Å². The molecule has 1 amide bonds. The Morgan fingerprint density at radius 1 is 1.27 bits per heavy atom. The number of nitrogens with zero attached hydrogens (tertiary/aromatic N) is 1. The summed E-state index contributed by atoms with van der Waals surface area (Å²) in [5.74, 6) is -0.358. The molecule has 0 saturated heterocycles. The summed E-state index contributed by atoms with van der Waals surface area (Å²) in [5.41, 5.74) is 2.65. The maximum atomic E-state index is 12.3. The summed E-state index contributed by atoms with van der Waals surface area (Å²) in [6, 6.07) is 7.92. The molecular formula is C17H24N2O3. The quantitative estimate of drug-likeness (QED) is 0.838. The van der Waals surface area contributed by atoms with Gasteiger partial charge in [0, 0.05) is 19.1 Å². The molecule has 1 aromatic carbocycles. The molecule has 120 valence electrons. The van der Waals surface area contributed by atoms with E-state index in [1.165, 1.54) is 18.2 Å². The first-order chi connectivity index (χ1) is 10.5. The molecule has 2 atom stereocenters. The highest BCUT2D eigenvalue weighted by atomic mass is 16.5. The second-order valence-electron chi connectivity index (χ2n) is 5.86. The van der Waals surface area contributed by atoms with Gasteiger partial charge in [-0.1, -0.05) is 24.3 Å². The van der Waals surface area contributed by atoms with E-state index in [1.54, 1.807) is 0 Å². The van der Waals surface area contributed by atoms with Crippen molar-refractivity contribution in [1.29, 1.82) is 0 Å². The second-order valence-corrected chi connectivity index (χ2v) is 5.86. The number of esters is 1. The molecule has 1 aliphatic heterocycles. The van der Waals surface area contributed by atoms with Gasteiger partial charge in [-0.25, -0.2) is 0 Å². The molecule has 0 radical (unpaired) electrons. The highest BCUT2D eigenvalue weighted by molar-refractivity contribution is 5.82. The molecule has 0 aromatic heterocycles. The third-order valence-corrected chi connectivity index (χ3v) is 4.18. The summed E-state index contributed by atoms with van der Waals surface area (Å²) in [7, 11) is 1.35. The third kappa shape index (κ3) is 4.07. The van der Waals surface area contributed by atoms with Gasteiger partial charge in [0.1, 0.15) is 0 Å². The van der Waals surface area contributed by atoms with E-state index in [-0.39, 0.29) is 30.4 Å². The summed E-state index contributed by atoms with van der Waals surface area (Å²) < 4.78 is 4.62. The standard InChI is InChI=1S/C17H24N2O3/c1-12(10-16(20)22-3)18-17(21)13(2)19-9-8-14-6-4-5-7-15(14)11-19/h4-7,12-13H,8-11H2,1-3H3,(H,18,21). The fourth-order valence-corrected chi connectivity index (χ4v) is 2.76. The number of rotatable bonds is 5. The average Bonchev–Trinajstić information content (AvgIpc) is 2.53.